The maximum atomic E-state index is 4.61. The molecule has 0 atom stereocenters. The highest BCUT2D eigenvalue weighted by atomic mass is 32.1. The van der Waals surface area contributed by atoms with Gasteiger partial charge in [-0.2, -0.15) is 0 Å². The lowest BCUT2D eigenvalue weighted by Crippen LogP contribution is -2.40. The molecule has 0 aliphatic heterocycles. The number of thiophene rings is 1. The van der Waals surface area contributed by atoms with E-state index in [0.29, 0.717) is 0 Å². The van der Waals surface area contributed by atoms with Crippen molar-refractivity contribution in [2.24, 2.45) is 4.99 Å². The SMILES string of the molecule is CCNC(=NCc1ccc(C)s1)NCCN(C)CC. The Morgan fingerprint density at radius 2 is 2.11 bits per heavy atom. The summed E-state index contributed by atoms with van der Waals surface area (Å²) in [5, 5.41) is 6.64. The van der Waals surface area contributed by atoms with E-state index in [-0.39, 0.29) is 0 Å². The molecule has 0 bridgehead atoms. The summed E-state index contributed by atoms with van der Waals surface area (Å²) in [5.41, 5.74) is 0. The number of guanidine groups is 1. The zero-order valence-electron chi connectivity index (χ0n) is 12.5. The summed E-state index contributed by atoms with van der Waals surface area (Å²) in [6.45, 7) is 11.0. The van der Waals surface area contributed by atoms with E-state index in [1.54, 1.807) is 0 Å². The van der Waals surface area contributed by atoms with Gasteiger partial charge in [0, 0.05) is 29.4 Å². The fourth-order valence-electron chi connectivity index (χ4n) is 1.59. The van der Waals surface area contributed by atoms with E-state index in [4.69, 9.17) is 0 Å². The molecule has 0 fully saturated rings. The maximum Gasteiger partial charge on any atom is 0.191 e. The number of hydrogen-bond donors (Lipinski definition) is 2. The molecule has 0 aliphatic carbocycles. The van der Waals surface area contributed by atoms with Crippen molar-refractivity contribution in [3.05, 3.63) is 21.9 Å². The fraction of sp³-hybridized carbons (Fsp3) is 0.643. The van der Waals surface area contributed by atoms with Crippen molar-refractivity contribution in [1.29, 1.82) is 0 Å². The first-order chi connectivity index (χ1) is 9.15. The van der Waals surface area contributed by atoms with E-state index in [0.717, 1.165) is 38.7 Å². The van der Waals surface area contributed by atoms with Crippen LogP contribution in [-0.2, 0) is 6.54 Å². The van der Waals surface area contributed by atoms with Crippen molar-refractivity contribution in [2.75, 3.05) is 33.2 Å². The first kappa shape index (κ1) is 16.0. The number of aliphatic imine (C=N–C) groups is 1. The maximum absolute atomic E-state index is 4.61. The van der Waals surface area contributed by atoms with Crippen molar-refractivity contribution >= 4 is 17.3 Å². The molecule has 0 radical (unpaired) electrons. The minimum atomic E-state index is 0.747. The van der Waals surface area contributed by atoms with Crippen LogP contribution in [-0.4, -0.2) is 44.1 Å². The van der Waals surface area contributed by atoms with Crippen molar-refractivity contribution < 1.29 is 0 Å². The third-order valence-electron chi connectivity index (χ3n) is 2.86. The fourth-order valence-corrected chi connectivity index (χ4v) is 2.41. The van der Waals surface area contributed by atoms with Gasteiger partial charge in [0.1, 0.15) is 0 Å². The third kappa shape index (κ3) is 6.59. The predicted molar refractivity (Wildman–Crippen MR) is 85.0 cm³/mol. The van der Waals surface area contributed by atoms with Gasteiger partial charge in [0.15, 0.2) is 5.96 Å². The Kier molecular flexibility index (Phi) is 7.52. The highest BCUT2D eigenvalue weighted by molar-refractivity contribution is 7.11. The molecular formula is C14H26N4S. The minimum Gasteiger partial charge on any atom is -0.357 e. The van der Waals surface area contributed by atoms with Gasteiger partial charge in [-0.05, 0) is 39.6 Å². The van der Waals surface area contributed by atoms with Crippen LogP contribution in [0.4, 0.5) is 0 Å². The molecule has 1 heterocycles. The lowest BCUT2D eigenvalue weighted by atomic mass is 10.4. The Hall–Kier alpha value is -1.07. The van der Waals surface area contributed by atoms with Gasteiger partial charge in [-0.15, -0.1) is 11.3 Å². The highest BCUT2D eigenvalue weighted by Gasteiger charge is 2.00. The first-order valence-electron chi connectivity index (χ1n) is 6.91. The van der Waals surface area contributed by atoms with Crippen molar-refractivity contribution in [2.45, 2.75) is 27.3 Å². The summed E-state index contributed by atoms with van der Waals surface area (Å²) in [5.74, 6) is 0.901. The topological polar surface area (TPSA) is 39.7 Å². The molecule has 2 N–H and O–H groups in total. The molecule has 0 aliphatic rings. The van der Waals surface area contributed by atoms with Gasteiger partial charge in [0.25, 0.3) is 0 Å². The van der Waals surface area contributed by atoms with Crippen LogP contribution in [0.1, 0.15) is 23.6 Å². The average molecular weight is 282 g/mol. The Labute approximate surface area is 120 Å². The number of nitrogens with one attached hydrogen (secondary N) is 2. The number of nitrogens with zero attached hydrogens (tertiary/aromatic N) is 2. The van der Waals surface area contributed by atoms with Gasteiger partial charge < -0.3 is 15.5 Å². The van der Waals surface area contributed by atoms with Gasteiger partial charge >= 0.3 is 0 Å². The van der Waals surface area contributed by atoms with Crippen LogP contribution in [0.5, 0.6) is 0 Å². The monoisotopic (exact) mass is 282 g/mol. The second-order valence-corrected chi connectivity index (χ2v) is 5.90. The smallest absolute Gasteiger partial charge is 0.191 e. The molecule has 5 heteroatoms. The highest BCUT2D eigenvalue weighted by Crippen LogP contribution is 2.15. The van der Waals surface area contributed by atoms with Crippen LogP contribution < -0.4 is 10.6 Å². The lowest BCUT2D eigenvalue weighted by molar-refractivity contribution is 0.357. The number of likely N-dealkylation sites (N-methyl/N-ethyl adjacent to an activating group) is 1. The van der Waals surface area contributed by atoms with Crippen LogP contribution in [0.25, 0.3) is 0 Å². The number of rotatable bonds is 7. The number of aryl methyl sites for hydroxylation is 1. The van der Waals surface area contributed by atoms with Crippen LogP contribution in [0.3, 0.4) is 0 Å². The minimum absolute atomic E-state index is 0.747. The van der Waals surface area contributed by atoms with Crippen LogP contribution in [0, 0.1) is 6.92 Å². The molecule has 0 saturated carbocycles. The van der Waals surface area contributed by atoms with Gasteiger partial charge in [-0.1, -0.05) is 6.92 Å². The lowest BCUT2D eigenvalue weighted by Gasteiger charge is -2.16. The molecule has 108 valence electrons. The quantitative estimate of drug-likeness (QED) is 0.594. The molecule has 0 saturated heterocycles. The zero-order chi connectivity index (χ0) is 14.1. The molecule has 4 nitrogen and oxygen atoms in total. The predicted octanol–water partition coefficient (Wildman–Crippen LogP) is 2.06. The largest absolute Gasteiger partial charge is 0.357 e. The first-order valence-corrected chi connectivity index (χ1v) is 7.73. The van der Waals surface area contributed by atoms with Crippen LogP contribution in [0.2, 0.25) is 0 Å². The number of hydrogen-bond acceptors (Lipinski definition) is 3. The van der Waals surface area contributed by atoms with Crippen molar-refractivity contribution in [1.82, 2.24) is 15.5 Å². The second-order valence-electron chi connectivity index (χ2n) is 4.53. The summed E-state index contributed by atoms with van der Waals surface area (Å²) in [7, 11) is 2.13. The molecule has 1 rings (SSSR count). The van der Waals surface area contributed by atoms with Gasteiger partial charge in [0.2, 0.25) is 0 Å². The molecule has 19 heavy (non-hydrogen) atoms. The third-order valence-corrected chi connectivity index (χ3v) is 3.84. The summed E-state index contributed by atoms with van der Waals surface area (Å²) < 4.78 is 0. The summed E-state index contributed by atoms with van der Waals surface area (Å²) >= 11 is 1.81. The summed E-state index contributed by atoms with van der Waals surface area (Å²) in [4.78, 5) is 9.53. The molecule has 1 aromatic heterocycles. The summed E-state index contributed by atoms with van der Waals surface area (Å²) in [6.07, 6.45) is 0. The van der Waals surface area contributed by atoms with Gasteiger partial charge in [0.05, 0.1) is 6.54 Å². The van der Waals surface area contributed by atoms with Crippen molar-refractivity contribution in [3.63, 3.8) is 0 Å². The molecule has 0 amide bonds. The average Bonchev–Trinajstić information content (AvgIpc) is 2.81. The van der Waals surface area contributed by atoms with E-state index in [1.165, 1.54) is 9.75 Å². The molecule has 0 spiro atoms. The second kappa shape index (κ2) is 8.93. The molecule has 1 aromatic rings. The Morgan fingerprint density at radius 1 is 1.32 bits per heavy atom. The molecule has 0 aromatic carbocycles. The summed E-state index contributed by atoms with van der Waals surface area (Å²) in [6, 6.07) is 4.30. The Morgan fingerprint density at radius 3 is 2.68 bits per heavy atom. The van der Waals surface area contributed by atoms with E-state index in [2.05, 4.69) is 60.5 Å². The van der Waals surface area contributed by atoms with Gasteiger partial charge in [-0.25, -0.2) is 4.99 Å². The van der Waals surface area contributed by atoms with E-state index < -0.39 is 0 Å². The zero-order valence-corrected chi connectivity index (χ0v) is 13.3. The van der Waals surface area contributed by atoms with Gasteiger partial charge in [-0.3, -0.25) is 0 Å². The van der Waals surface area contributed by atoms with E-state index >= 15 is 0 Å². The standard InChI is InChI=1S/C14H26N4S/c1-5-15-14(16-9-10-18(4)6-2)17-11-13-8-7-12(3)19-13/h7-8H,5-6,9-11H2,1-4H3,(H2,15,16,17). The molecular weight excluding hydrogens is 256 g/mol. The Bertz CT molecular complexity index is 387. The van der Waals surface area contributed by atoms with Crippen LogP contribution >= 0.6 is 11.3 Å². The van der Waals surface area contributed by atoms with Crippen molar-refractivity contribution in [3.8, 4) is 0 Å². The van der Waals surface area contributed by atoms with E-state index in [9.17, 15) is 0 Å². The van der Waals surface area contributed by atoms with E-state index in [1.807, 2.05) is 11.3 Å². The normalized spacial score (nSPS) is 11.9. The van der Waals surface area contributed by atoms with Crippen LogP contribution in [0.15, 0.2) is 17.1 Å². The molecule has 0 unspecified atom stereocenters. The Balaban J connectivity index is 2.42.